The molecule has 0 spiro atoms. The van der Waals surface area contributed by atoms with Crippen LogP contribution in [0.2, 0.25) is 0 Å². The number of fused-ring (bicyclic) bond motifs is 6. The molecule has 0 unspecified atom stereocenters. The highest BCUT2D eigenvalue weighted by Gasteiger charge is 2.25. The molecule has 316 valence electrons. The number of unbranched alkanes of at least 4 members (excludes halogenated alkanes) is 1. The number of benzene rings is 6. The number of aryl methyl sites for hydroxylation is 9. The Kier molecular flexibility index (Phi) is 12.2. The minimum absolute atomic E-state index is 0.551. The maximum atomic E-state index is 7.17. The average molecular weight is 969 g/mol. The molecule has 0 bridgehead atoms. The van der Waals surface area contributed by atoms with Crippen LogP contribution in [-0.2, 0) is 6.42 Å². The van der Waals surface area contributed by atoms with Crippen LogP contribution in [0, 0.1) is 59.0 Å². The predicted octanol–water partition coefficient (Wildman–Crippen LogP) is 16.7. The van der Waals surface area contributed by atoms with Gasteiger partial charge in [0.15, 0.2) is 5.75 Å². The lowest BCUT2D eigenvalue weighted by molar-refractivity contribution is 0.412. The molecule has 0 saturated heterocycles. The Bertz CT molecular complexity index is 2970. The molecule has 0 N–H and O–H groups in total. The summed E-state index contributed by atoms with van der Waals surface area (Å²) in [6.07, 6.45) is 2.63. The van der Waals surface area contributed by atoms with E-state index in [0.29, 0.717) is 28.6 Å². The SMILES string of the molecule is CCCCc1cc(OC)cc(-c2cc(OC)cc(I)c2Op2oc3c(C)cc(C)cc3c3cc(C)cc(C)c3o2)c1Op1oc2c(C)cc(C)cc2c2cc(C)cc(C)c2o1. The molecule has 0 amide bonds. The van der Waals surface area contributed by atoms with Gasteiger partial charge in [0, 0.05) is 32.7 Å². The van der Waals surface area contributed by atoms with E-state index < -0.39 is 16.5 Å². The number of methoxy groups -OCH3 is 2. The second kappa shape index (κ2) is 17.4. The summed E-state index contributed by atoms with van der Waals surface area (Å²) in [5, 5.41) is 3.92. The summed E-state index contributed by atoms with van der Waals surface area (Å²) in [5.41, 5.74) is 13.9. The minimum atomic E-state index is -2.03. The van der Waals surface area contributed by atoms with Crippen molar-refractivity contribution in [2.75, 3.05) is 14.2 Å². The molecule has 61 heavy (non-hydrogen) atoms. The molecule has 0 radical (unpaired) electrons. The summed E-state index contributed by atoms with van der Waals surface area (Å²) in [7, 11) is -0.715. The van der Waals surface area contributed by atoms with Crippen LogP contribution in [0.15, 0.2) is 89.6 Å². The topological polar surface area (TPSA) is 89.5 Å². The highest BCUT2D eigenvalue weighted by atomic mass is 127. The number of ether oxygens (including phenoxy) is 2. The Balaban J connectivity index is 1.41. The van der Waals surface area contributed by atoms with Crippen molar-refractivity contribution in [3.05, 3.63) is 126 Å². The predicted molar refractivity (Wildman–Crippen MR) is 259 cm³/mol. The van der Waals surface area contributed by atoms with Gasteiger partial charge in [-0.2, -0.15) is 0 Å². The molecule has 0 saturated carbocycles. The first-order valence-corrected chi connectivity index (χ1v) is 23.7. The number of rotatable bonds is 10. The van der Waals surface area contributed by atoms with E-state index in [1.165, 1.54) is 0 Å². The molecular weight excluding hydrogens is 917 g/mol. The zero-order valence-corrected chi connectivity index (χ0v) is 40.5. The van der Waals surface area contributed by atoms with Gasteiger partial charge in [0.1, 0.15) is 39.6 Å². The molecule has 0 aliphatic carbocycles. The molecular formula is C50H51IO8P2. The fraction of sp³-hybridized carbons (Fsp3) is 0.280. The third kappa shape index (κ3) is 8.49. The Morgan fingerprint density at radius 2 is 0.836 bits per heavy atom. The molecule has 6 aromatic carbocycles. The first-order chi connectivity index (χ1) is 29.2. The van der Waals surface area contributed by atoms with Gasteiger partial charge in [-0.05, 0) is 189 Å². The van der Waals surface area contributed by atoms with Crippen LogP contribution in [0.1, 0.15) is 69.8 Å². The largest absolute Gasteiger partial charge is 0.497 e. The molecule has 8 nitrogen and oxygen atoms in total. The second-order valence-corrected chi connectivity index (χ2v) is 19.2. The third-order valence-electron chi connectivity index (χ3n) is 11.0. The van der Waals surface area contributed by atoms with Crippen molar-refractivity contribution < 1.29 is 35.3 Å². The van der Waals surface area contributed by atoms with Crippen molar-refractivity contribution in [3.8, 4) is 34.1 Å². The quantitative estimate of drug-likeness (QED) is 0.125. The Morgan fingerprint density at radius 3 is 1.21 bits per heavy atom. The van der Waals surface area contributed by atoms with Crippen molar-refractivity contribution in [1.82, 2.24) is 0 Å². The summed E-state index contributed by atoms with van der Waals surface area (Å²) in [6, 6.07) is 25.1. The highest BCUT2D eigenvalue weighted by molar-refractivity contribution is 14.1. The maximum Gasteiger partial charge on any atom is 0.453 e. The van der Waals surface area contributed by atoms with Gasteiger partial charge < -0.3 is 35.3 Å². The fourth-order valence-corrected chi connectivity index (χ4v) is 11.7. The maximum absolute atomic E-state index is 7.17. The van der Waals surface area contributed by atoms with Gasteiger partial charge in [-0.3, -0.25) is 0 Å². The van der Waals surface area contributed by atoms with Crippen LogP contribution in [0.4, 0.5) is 0 Å². The lowest BCUT2D eigenvalue weighted by Crippen LogP contribution is -1.99. The van der Waals surface area contributed by atoms with Crippen molar-refractivity contribution >= 4 is 82.9 Å². The van der Waals surface area contributed by atoms with Crippen LogP contribution < -0.4 is 18.5 Å². The van der Waals surface area contributed by atoms with Gasteiger partial charge in [0.25, 0.3) is 0 Å². The standard InChI is InChI=1S/C50H51IO8P2/c1-12-13-14-35-23-36(52-10)24-42(49(35)58-60-54-45-31(6)15-27(2)19-38(45)39-20-28(3)16-32(7)46(39)55-60)43-25-37(53-11)26-44(51)50(43)59-61-56-47-33(8)17-29(4)21-40(47)41-22-30(5)18-34(9)48(41)57-61/h15-26H,12-14H2,1-11H3. The van der Waals surface area contributed by atoms with Crippen molar-refractivity contribution in [1.29, 1.82) is 0 Å². The van der Waals surface area contributed by atoms with Crippen LogP contribution >= 0.6 is 39.1 Å². The molecule has 2 aromatic heterocycles. The van der Waals surface area contributed by atoms with Crippen LogP contribution in [-0.4, -0.2) is 14.2 Å². The van der Waals surface area contributed by atoms with Gasteiger partial charge in [-0.1, -0.05) is 37.6 Å². The summed E-state index contributed by atoms with van der Waals surface area (Å²) in [6.45, 7) is 18.9. The zero-order chi connectivity index (χ0) is 43.3. The molecule has 11 heteroatoms. The zero-order valence-electron chi connectivity index (χ0n) is 36.6. The van der Waals surface area contributed by atoms with E-state index in [2.05, 4.69) is 133 Å². The molecule has 0 fully saturated rings. The third-order valence-corrected chi connectivity index (χ3v) is 13.8. The monoisotopic (exact) mass is 968 g/mol. The second-order valence-electron chi connectivity index (χ2n) is 16.1. The smallest absolute Gasteiger partial charge is 0.453 e. The van der Waals surface area contributed by atoms with E-state index >= 15 is 0 Å². The van der Waals surface area contributed by atoms with Crippen molar-refractivity contribution in [2.24, 2.45) is 0 Å². The lowest BCUT2D eigenvalue weighted by Gasteiger charge is -2.19. The normalized spacial score (nSPS) is 11.5. The van der Waals surface area contributed by atoms with Gasteiger partial charge >= 0.3 is 16.5 Å². The molecule has 0 aliphatic rings. The van der Waals surface area contributed by atoms with E-state index in [0.717, 1.165) is 122 Å². The number of halogens is 1. The summed E-state index contributed by atoms with van der Waals surface area (Å²) >= 11 is 2.30. The van der Waals surface area contributed by atoms with Crippen molar-refractivity contribution in [2.45, 2.75) is 81.6 Å². The van der Waals surface area contributed by atoms with Gasteiger partial charge in [-0.15, -0.1) is 0 Å². The number of hydrogen-bond acceptors (Lipinski definition) is 8. The van der Waals surface area contributed by atoms with Crippen LogP contribution in [0.25, 0.3) is 55.0 Å². The Labute approximate surface area is 372 Å². The molecule has 0 aliphatic heterocycles. The van der Waals surface area contributed by atoms with E-state index in [1.54, 1.807) is 14.2 Å². The van der Waals surface area contributed by atoms with E-state index in [9.17, 15) is 0 Å². The van der Waals surface area contributed by atoms with Crippen LogP contribution in [0.5, 0.6) is 23.0 Å². The van der Waals surface area contributed by atoms with Crippen molar-refractivity contribution in [3.63, 3.8) is 0 Å². The van der Waals surface area contributed by atoms with E-state index in [-0.39, 0.29) is 0 Å². The lowest BCUT2D eigenvalue weighted by atomic mass is 9.97. The Morgan fingerprint density at radius 1 is 0.475 bits per heavy atom. The van der Waals surface area contributed by atoms with E-state index in [1.807, 2.05) is 24.3 Å². The fourth-order valence-electron chi connectivity index (χ4n) is 8.28. The van der Waals surface area contributed by atoms with Gasteiger partial charge in [0.2, 0.25) is 0 Å². The molecule has 8 aromatic rings. The summed E-state index contributed by atoms with van der Waals surface area (Å²) in [4.78, 5) is 0. The van der Waals surface area contributed by atoms with Gasteiger partial charge in [-0.25, -0.2) is 0 Å². The van der Waals surface area contributed by atoms with Gasteiger partial charge in [0.05, 0.1) is 17.8 Å². The summed E-state index contributed by atoms with van der Waals surface area (Å²) in [5.74, 6) is 2.48. The summed E-state index contributed by atoms with van der Waals surface area (Å²) < 4.78 is 54.3. The molecule has 2 heterocycles. The first kappa shape index (κ1) is 42.7. The Hall–Kier alpha value is -4.95. The number of hydrogen-bond donors (Lipinski definition) is 0. The highest BCUT2D eigenvalue weighted by Crippen LogP contribution is 2.51. The molecule has 8 rings (SSSR count). The van der Waals surface area contributed by atoms with E-state index in [4.69, 9.17) is 35.3 Å². The minimum Gasteiger partial charge on any atom is -0.497 e. The molecule has 0 atom stereocenters. The van der Waals surface area contributed by atoms with Crippen LogP contribution in [0.3, 0.4) is 0 Å². The first-order valence-electron chi connectivity index (χ1n) is 20.5. The average Bonchev–Trinajstić information content (AvgIpc) is 3.46.